The molecule has 1 saturated heterocycles. The quantitative estimate of drug-likeness (QED) is 0.586. The number of nitrogens with one attached hydrogen (secondary N) is 1. The topological polar surface area (TPSA) is 110 Å². The molecule has 0 aliphatic carbocycles. The highest BCUT2D eigenvalue weighted by Gasteiger charge is 2.36. The van der Waals surface area contributed by atoms with Crippen LogP contribution in [0.5, 0.6) is 11.5 Å². The van der Waals surface area contributed by atoms with Crippen LogP contribution in [-0.2, 0) is 24.8 Å². The van der Waals surface area contributed by atoms with Gasteiger partial charge >= 0.3 is 0 Å². The first kappa shape index (κ1) is 21.8. The van der Waals surface area contributed by atoms with Crippen LogP contribution in [0.15, 0.2) is 77.7 Å². The zero-order valence-electron chi connectivity index (χ0n) is 17.1. The Balaban J connectivity index is 1.63. The summed E-state index contributed by atoms with van der Waals surface area (Å²) in [5.74, 6) is 0.0802. The fourth-order valence-corrected chi connectivity index (χ4v) is 6.14. The van der Waals surface area contributed by atoms with Gasteiger partial charge in [-0.05, 0) is 55.0 Å². The molecular formula is C22H20N2O6S2. The Morgan fingerprint density at radius 1 is 0.969 bits per heavy atom. The van der Waals surface area contributed by atoms with Gasteiger partial charge < -0.3 is 4.74 Å². The molecule has 0 spiro atoms. The van der Waals surface area contributed by atoms with E-state index in [0.29, 0.717) is 17.1 Å². The van der Waals surface area contributed by atoms with Crippen molar-refractivity contribution in [3.8, 4) is 11.5 Å². The maximum atomic E-state index is 13.1. The third-order valence-electron chi connectivity index (χ3n) is 4.86. The molecule has 0 aromatic heterocycles. The molecular weight excluding hydrogens is 452 g/mol. The lowest BCUT2D eigenvalue weighted by Gasteiger charge is -2.18. The molecule has 0 radical (unpaired) electrons. The van der Waals surface area contributed by atoms with Crippen molar-refractivity contribution in [1.82, 2.24) is 0 Å². The van der Waals surface area contributed by atoms with Crippen LogP contribution in [0, 0.1) is 6.92 Å². The van der Waals surface area contributed by atoms with Gasteiger partial charge in [-0.1, -0.05) is 30.3 Å². The molecule has 1 fully saturated rings. The molecule has 1 aliphatic heterocycles. The number of nitrogens with zero attached hydrogens (tertiary/aromatic N) is 1. The minimum atomic E-state index is -4.02. The molecule has 10 heteroatoms. The second-order valence-electron chi connectivity index (χ2n) is 7.19. The Kier molecular flexibility index (Phi) is 5.66. The van der Waals surface area contributed by atoms with Crippen LogP contribution in [0.4, 0.5) is 11.4 Å². The molecule has 1 amide bonds. The second kappa shape index (κ2) is 8.29. The predicted octanol–water partition coefficient (Wildman–Crippen LogP) is 3.65. The van der Waals surface area contributed by atoms with Crippen molar-refractivity contribution >= 4 is 37.3 Å². The summed E-state index contributed by atoms with van der Waals surface area (Å²) in [5, 5.41) is 0. The number of carbonyl (C=O) groups excluding carboxylic acids is 1. The molecule has 3 aromatic rings. The largest absolute Gasteiger partial charge is 0.455 e. The summed E-state index contributed by atoms with van der Waals surface area (Å²) in [7, 11) is -7.76. The van der Waals surface area contributed by atoms with Crippen molar-refractivity contribution in [3.05, 3.63) is 78.4 Å². The van der Waals surface area contributed by atoms with Gasteiger partial charge in [-0.3, -0.25) is 9.52 Å². The van der Waals surface area contributed by atoms with Gasteiger partial charge in [0.05, 0.1) is 22.0 Å². The first-order chi connectivity index (χ1) is 15.2. The van der Waals surface area contributed by atoms with Crippen molar-refractivity contribution in [2.45, 2.75) is 18.2 Å². The number of aryl methyl sites for hydroxylation is 1. The molecule has 1 N–H and O–H groups in total. The van der Waals surface area contributed by atoms with Crippen LogP contribution < -0.4 is 13.8 Å². The minimum absolute atomic E-state index is 0.0418. The molecule has 0 saturated carbocycles. The van der Waals surface area contributed by atoms with Crippen LogP contribution in [0.1, 0.15) is 12.0 Å². The van der Waals surface area contributed by atoms with Crippen LogP contribution in [-0.4, -0.2) is 28.5 Å². The third kappa shape index (κ3) is 4.32. The van der Waals surface area contributed by atoms with E-state index >= 15 is 0 Å². The molecule has 3 aromatic carbocycles. The first-order valence-electron chi connectivity index (χ1n) is 9.69. The van der Waals surface area contributed by atoms with Crippen LogP contribution in [0.3, 0.4) is 0 Å². The van der Waals surface area contributed by atoms with Gasteiger partial charge in [-0.2, -0.15) is 0 Å². The maximum Gasteiger partial charge on any atom is 0.262 e. The standard InChI is InChI=1S/C22H20N2O6S2/c1-16-15-17(24-22(25)13-14-31(24,26)27)11-12-21(16)32(28,29)23-19-9-5-6-10-20(19)30-18-7-3-2-4-8-18/h2-12,15,23H,13-14H2,1H3. The van der Waals surface area contributed by atoms with Gasteiger partial charge in [0.2, 0.25) is 15.9 Å². The van der Waals surface area contributed by atoms with E-state index < -0.39 is 26.0 Å². The molecule has 1 heterocycles. The average Bonchev–Trinajstić information content (AvgIpc) is 3.02. The zero-order chi connectivity index (χ0) is 22.9. The lowest BCUT2D eigenvalue weighted by molar-refractivity contribution is -0.116. The lowest BCUT2D eigenvalue weighted by atomic mass is 10.2. The summed E-state index contributed by atoms with van der Waals surface area (Å²) in [6.45, 7) is 1.54. The molecule has 0 bridgehead atoms. The molecule has 0 atom stereocenters. The van der Waals surface area contributed by atoms with Crippen molar-refractivity contribution in [1.29, 1.82) is 0 Å². The number of hydrogen-bond donors (Lipinski definition) is 1. The van der Waals surface area contributed by atoms with E-state index in [1.807, 2.05) is 6.07 Å². The number of rotatable bonds is 6. The van der Waals surface area contributed by atoms with Gasteiger partial charge in [0.25, 0.3) is 10.0 Å². The van der Waals surface area contributed by atoms with Gasteiger partial charge in [0, 0.05) is 6.42 Å². The normalized spacial score (nSPS) is 15.5. The Bertz CT molecular complexity index is 1390. The highest BCUT2D eigenvalue weighted by Crippen LogP contribution is 2.33. The van der Waals surface area contributed by atoms with Crippen molar-refractivity contribution < 1.29 is 26.4 Å². The van der Waals surface area contributed by atoms with Crippen molar-refractivity contribution in [3.63, 3.8) is 0 Å². The van der Waals surface area contributed by atoms with E-state index in [0.717, 1.165) is 4.31 Å². The SMILES string of the molecule is Cc1cc(N2C(=O)CCS2(=O)=O)ccc1S(=O)(=O)Nc1ccccc1Oc1ccccc1. The average molecular weight is 473 g/mol. The van der Waals surface area contributed by atoms with Crippen LogP contribution in [0.2, 0.25) is 0 Å². The molecule has 166 valence electrons. The Morgan fingerprint density at radius 2 is 1.66 bits per heavy atom. The highest BCUT2D eigenvalue weighted by molar-refractivity contribution is 7.94. The number of amides is 1. The Labute approximate surface area is 186 Å². The molecule has 4 rings (SSSR count). The van der Waals surface area contributed by atoms with E-state index in [9.17, 15) is 21.6 Å². The predicted molar refractivity (Wildman–Crippen MR) is 121 cm³/mol. The molecule has 1 aliphatic rings. The number of para-hydroxylation sites is 3. The van der Waals surface area contributed by atoms with E-state index in [1.165, 1.54) is 25.1 Å². The number of carbonyl (C=O) groups is 1. The van der Waals surface area contributed by atoms with E-state index in [-0.39, 0.29) is 28.4 Å². The lowest BCUT2D eigenvalue weighted by Crippen LogP contribution is -2.29. The Hall–Kier alpha value is -3.37. The molecule has 0 unspecified atom stereocenters. The Morgan fingerprint density at radius 3 is 2.31 bits per heavy atom. The monoisotopic (exact) mass is 472 g/mol. The summed E-state index contributed by atoms with van der Waals surface area (Å²) in [5.41, 5.74) is 0.667. The van der Waals surface area contributed by atoms with Crippen LogP contribution in [0.25, 0.3) is 0 Å². The van der Waals surface area contributed by atoms with Gasteiger partial charge in [0.1, 0.15) is 5.75 Å². The van der Waals surface area contributed by atoms with Gasteiger partial charge in [0.15, 0.2) is 5.75 Å². The fourth-order valence-electron chi connectivity index (χ4n) is 3.39. The zero-order valence-corrected chi connectivity index (χ0v) is 18.7. The number of hydrogen-bond acceptors (Lipinski definition) is 6. The smallest absolute Gasteiger partial charge is 0.262 e. The van der Waals surface area contributed by atoms with E-state index in [4.69, 9.17) is 4.74 Å². The fraction of sp³-hybridized carbons (Fsp3) is 0.136. The number of ether oxygens (including phenoxy) is 1. The minimum Gasteiger partial charge on any atom is -0.455 e. The third-order valence-corrected chi connectivity index (χ3v) is 8.08. The first-order valence-corrected chi connectivity index (χ1v) is 12.8. The molecule has 8 nitrogen and oxygen atoms in total. The number of anilines is 2. The van der Waals surface area contributed by atoms with Gasteiger partial charge in [-0.25, -0.2) is 21.1 Å². The maximum absolute atomic E-state index is 13.1. The number of benzene rings is 3. The van der Waals surface area contributed by atoms with E-state index in [1.54, 1.807) is 48.5 Å². The summed E-state index contributed by atoms with van der Waals surface area (Å²) >= 11 is 0. The summed E-state index contributed by atoms with van der Waals surface area (Å²) in [6.07, 6.45) is -0.0960. The number of sulfonamides is 2. The second-order valence-corrected chi connectivity index (χ2v) is 10.8. The molecule has 32 heavy (non-hydrogen) atoms. The summed E-state index contributed by atoms with van der Waals surface area (Å²) in [6, 6.07) is 19.6. The van der Waals surface area contributed by atoms with Gasteiger partial charge in [-0.15, -0.1) is 0 Å². The highest BCUT2D eigenvalue weighted by atomic mass is 32.2. The summed E-state index contributed by atoms with van der Waals surface area (Å²) in [4.78, 5) is 12.0. The van der Waals surface area contributed by atoms with Crippen LogP contribution >= 0.6 is 0 Å². The van der Waals surface area contributed by atoms with E-state index in [2.05, 4.69) is 4.72 Å². The summed E-state index contributed by atoms with van der Waals surface area (Å²) < 4.78 is 59.5. The van der Waals surface area contributed by atoms with Crippen molar-refractivity contribution in [2.75, 3.05) is 14.8 Å². The van der Waals surface area contributed by atoms with Crippen molar-refractivity contribution in [2.24, 2.45) is 0 Å².